The molecular formula is C22H18ClF2NO2. The van der Waals surface area contributed by atoms with Crippen LogP contribution in [0.2, 0.25) is 5.02 Å². The predicted molar refractivity (Wildman–Crippen MR) is 104 cm³/mol. The van der Waals surface area contributed by atoms with Crippen molar-refractivity contribution in [3.63, 3.8) is 0 Å². The number of hydrogen-bond donors (Lipinski definition) is 1. The molecule has 0 aliphatic carbocycles. The van der Waals surface area contributed by atoms with Crippen molar-refractivity contribution < 1.29 is 18.3 Å². The summed E-state index contributed by atoms with van der Waals surface area (Å²) in [4.78, 5) is 12.8. The zero-order chi connectivity index (χ0) is 20.1. The first-order valence-electron chi connectivity index (χ1n) is 8.66. The molecule has 28 heavy (non-hydrogen) atoms. The Labute approximate surface area is 166 Å². The molecule has 0 aliphatic heterocycles. The number of rotatable bonds is 6. The number of benzene rings is 3. The Morgan fingerprint density at radius 2 is 1.79 bits per heavy atom. The Kier molecular flexibility index (Phi) is 6.26. The number of nitrogens with one attached hydrogen (secondary N) is 1. The number of ether oxygens (including phenoxy) is 1. The van der Waals surface area contributed by atoms with Gasteiger partial charge < -0.3 is 10.1 Å². The lowest BCUT2D eigenvalue weighted by Gasteiger charge is -2.17. The summed E-state index contributed by atoms with van der Waals surface area (Å²) >= 11 is 6.04. The van der Waals surface area contributed by atoms with Gasteiger partial charge in [0, 0.05) is 5.02 Å². The highest BCUT2D eigenvalue weighted by atomic mass is 35.5. The van der Waals surface area contributed by atoms with Crippen LogP contribution in [0.1, 0.15) is 34.5 Å². The zero-order valence-corrected chi connectivity index (χ0v) is 15.8. The highest BCUT2D eigenvalue weighted by Crippen LogP contribution is 2.25. The van der Waals surface area contributed by atoms with E-state index in [1.165, 1.54) is 12.1 Å². The van der Waals surface area contributed by atoms with Gasteiger partial charge in [0.05, 0.1) is 11.6 Å². The number of carbonyl (C=O) groups excluding carboxylic acids is 1. The van der Waals surface area contributed by atoms with Crippen molar-refractivity contribution in [2.75, 3.05) is 0 Å². The zero-order valence-electron chi connectivity index (χ0n) is 15.1. The molecule has 0 aromatic heterocycles. The fraction of sp³-hybridized carbons (Fsp3) is 0.136. The molecule has 6 heteroatoms. The van der Waals surface area contributed by atoms with Gasteiger partial charge in [0.15, 0.2) is 11.6 Å². The summed E-state index contributed by atoms with van der Waals surface area (Å²) in [5.74, 6) is -1.93. The first-order chi connectivity index (χ1) is 13.4. The summed E-state index contributed by atoms with van der Waals surface area (Å²) in [6, 6.07) is 17.5. The Morgan fingerprint density at radius 1 is 1.04 bits per heavy atom. The number of carbonyl (C=O) groups is 1. The van der Waals surface area contributed by atoms with Crippen LogP contribution >= 0.6 is 11.6 Å². The van der Waals surface area contributed by atoms with Crippen molar-refractivity contribution in [1.29, 1.82) is 0 Å². The minimum atomic E-state index is -0.952. The largest absolute Gasteiger partial charge is 0.488 e. The number of halogens is 3. The molecule has 0 unspecified atom stereocenters. The molecule has 0 saturated carbocycles. The summed E-state index contributed by atoms with van der Waals surface area (Å²) in [6.45, 7) is 1.85. The summed E-state index contributed by atoms with van der Waals surface area (Å²) in [6.07, 6.45) is 0. The summed E-state index contributed by atoms with van der Waals surface area (Å²) in [7, 11) is 0. The molecule has 0 heterocycles. The minimum Gasteiger partial charge on any atom is -0.488 e. The number of amides is 1. The van der Waals surface area contributed by atoms with Gasteiger partial charge in [-0.05, 0) is 48.4 Å². The highest BCUT2D eigenvalue weighted by Gasteiger charge is 2.17. The van der Waals surface area contributed by atoms with Crippen molar-refractivity contribution in [3.05, 3.63) is 100 Å². The third-order valence-corrected chi connectivity index (χ3v) is 4.45. The van der Waals surface area contributed by atoms with Crippen molar-refractivity contribution in [2.45, 2.75) is 19.6 Å². The van der Waals surface area contributed by atoms with Gasteiger partial charge in [-0.15, -0.1) is 0 Å². The Bertz CT molecular complexity index is 980. The van der Waals surface area contributed by atoms with Gasteiger partial charge in [-0.2, -0.15) is 0 Å². The lowest BCUT2D eigenvalue weighted by molar-refractivity contribution is 0.0935. The maximum absolute atomic E-state index is 13.4. The molecule has 1 amide bonds. The molecule has 3 aromatic rings. The van der Waals surface area contributed by atoms with Crippen LogP contribution in [0, 0.1) is 11.6 Å². The van der Waals surface area contributed by atoms with Gasteiger partial charge in [-0.1, -0.05) is 48.0 Å². The van der Waals surface area contributed by atoms with Crippen molar-refractivity contribution in [3.8, 4) is 5.75 Å². The van der Waals surface area contributed by atoms with Crippen molar-refractivity contribution >= 4 is 17.5 Å². The SMILES string of the molecule is C[C@H](NC(=O)c1cc(Cl)ccc1OCc1ccc(F)c(F)c1)c1ccccc1. The first kappa shape index (κ1) is 19.8. The van der Waals surface area contributed by atoms with Crippen LogP contribution < -0.4 is 10.1 Å². The Balaban J connectivity index is 1.76. The van der Waals surface area contributed by atoms with Crippen LogP contribution in [0.5, 0.6) is 5.75 Å². The second kappa shape index (κ2) is 8.85. The van der Waals surface area contributed by atoms with E-state index in [-0.39, 0.29) is 24.1 Å². The van der Waals surface area contributed by atoms with Gasteiger partial charge in [-0.25, -0.2) is 8.78 Å². The van der Waals surface area contributed by atoms with Gasteiger partial charge >= 0.3 is 0 Å². The summed E-state index contributed by atoms with van der Waals surface area (Å²) in [5.41, 5.74) is 1.66. The molecule has 144 valence electrons. The molecule has 0 spiro atoms. The van der Waals surface area contributed by atoms with Crippen LogP contribution in [-0.2, 0) is 6.61 Å². The molecule has 1 atom stereocenters. The van der Waals surface area contributed by atoms with Crippen LogP contribution in [0.15, 0.2) is 66.7 Å². The van der Waals surface area contributed by atoms with Crippen molar-refractivity contribution in [1.82, 2.24) is 5.32 Å². The molecule has 0 bridgehead atoms. The van der Waals surface area contributed by atoms with Crippen LogP contribution in [0.3, 0.4) is 0 Å². The second-order valence-electron chi connectivity index (χ2n) is 6.28. The van der Waals surface area contributed by atoms with E-state index >= 15 is 0 Å². The van der Waals surface area contributed by atoms with Crippen LogP contribution in [0.4, 0.5) is 8.78 Å². The van der Waals surface area contributed by atoms with E-state index in [9.17, 15) is 13.6 Å². The molecule has 0 fully saturated rings. The van der Waals surface area contributed by atoms with E-state index in [4.69, 9.17) is 16.3 Å². The smallest absolute Gasteiger partial charge is 0.255 e. The lowest BCUT2D eigenvalue weighted by Crippen LogP contribution is -2.27. The van der Waals surface area contributed by atoms with E-state index in [1.807, 2.05) is 37.3 Å². The van der Waals surface area contributed by atoms with Crippen LogP contribution in [-0.4, -0.2) is 5.91 Å². The molecule has 1 N–H and O–H groups in total. The molecule has 0 aliphatic rings. The fourth-order valence-electron chi connectivity index (χ4n) is 2.70. The van der Waals surface area contributed by atoms with Gasteiger partial charge in [0.2, 0.25) is 0 Å². The summed E-state index contributed by atoms with van der Waals surface area (Å²) < 4.78 is 32.1. The lowest BCUT2D eigenvalue weighted by atomic mass is 10.1. The number of hydrogen-bond acceptors (Lipinski definition) is 2. The fourth-order valence-corrected chi connectivity index (χ4v) is 2.87. The van der Waals surface area contributed by atoms with Gasteiger partial charge in [0.25, 0.3) is 5.91 Å². The normalized spacial score (nSPS) is 11.7. The third kappa shape index (κ3) is 4.87. The standard InChI is InChI=1S/C22H18ClF2NO2/c1-14(16-5-3-2-4-6-16)26-22(27)18-12-17(23)8-10-21(18)28-13-15-7-9-19(24)20(25)11-15/h2-12,14H,13H2,1H3,(H,26,27)/t14-/m0/s1. The van der Waals surface area contributed by atoms with E-state index in [0.29, 0.717) is 16.3 Å². The van der Waals surface area contributed by atoms with Crippen molar-refractivity contribution in [2.24, 2.45) is 0 Å². The van der Waals surface area contributed by atoms with Gasteiger partial charge in [-0.3, -0.25) is 4.79 Å². The van der Waals surface area contributed by atoms with E-state index in [2.05, 4.69) is 5.32 Å². The van der Waals surface area contributed by atoms with E-state index in [0.717, 1.165) is 17.7 Å². The second-order valence-corrected chi connectivity index (χ2v) is 6.72. The molecule has 3 nitrogen and oxygen atoms in total. The quantitative estimate of drug-likeness (QED) is 0.576. The monoisotopic (exact) mass is 401 g/mol. The topological polar surface area (TPSA) is 38.3 Å². The highest BCUT2D eigenvalue weighted by molar-refractivity contribution is 6.31. The Hall–Kier alpha value is -2.92. The van der Waals surface area contributed by atoms with E-state index < -0.39 is 11.6 Å². The van der Waals surface area contributed by atoms with Crippen LogP contribution in [0.25, 0.3) is 0 Å². The molecule has 3 aromatic carbocycles. The Morgan fingerprint density at radius 3 is 2.50 bits per heavy atom. The summed E-state index contributed by atoms with van der Waals surface area (Å²) in [5, 5.41) is 3.29. The molecular weight excluding hydrogens is 384 g/mol. The third-order valence-electron chi connectivity index (χ3n) is 4.21. The van der Waals surface area contributed by atoms with Gasteiger partial charge in [0.1, 0.15) is 12.4 Å². The maximum Gasteiger partial charge on any atom is 0.255 e. The predicted octanol–water partition coefficient (Wildman–Crippen LogP) is 5.69. The maximum atomic E-state index is 13.4. The average Bonchev–Trinajstić information content (AvgIpc) is 2.70. The van der Waals surface area contributed by atoms with E-state index in [1.54, 1.807) is 12.1 Å². The molecule has 0 radical (unpaired) electrons. The average molecular weight is 402 g/mol. The first-order valence-corrected chi connectivity index (χ1v) is 9.04. The molecule has 3 rings (SSSR count). The minimum absolute atomic E-state index is 0.0205. The molecule has 0 saturated heterocycles.